The molecule has 206 valence electrons. The summed E-state index contributed by atoms with van der Waals surface area (Å²) in [7, 11) is 0. The maximum Gasteiger partial charge on any atom is 0.339 e. The first-order valence-electron chi connectivity index (χ1n) is 12.4. The molecule has 0 amide bonds. The second kappa shape index (κ2) is 11.7. The maximum absolute atomic E-state index is 13.0. The Kier molecular flexibility index (Phi) is 8.15. The number of aliphatic imine (C=N–C) groups is 1. The molecule has 0 fully saturated rings. The average molecular weight is 545 g/mol. The third-order valence-corrected chi connectivity index (χ3v) is 6.52. The molecule has 0 bridgehead atoms. The Hall–Kier alpha value is -5.16. The lowest BCUT2D eigenvalue weighted by Gasteiger charge is -2.19. The predicted octanol–water partition coefficient (Wildman–Crippen LogP) is 2.97. The first-order chi connectivity index (χ1) is 19.1. The molecule has 0 aliphatic heterocycles. The van der Waals surface area contributed by atoms with Gasteiger partial charge in [0.25, 0.3) is 0 Å². The summed E-state index contributed by atoms with van der Waals surface area (Å²) in [5.74, 6) is -4.33. The molecular formula is C29H28N4O7. The first kappa shape index (κ1) is 27.9. The van der Waals surface area contributed by atoms with Crippen LogP contribution in [0.4, 0.5) is 0 Å². The fourth-order valence-electron chi connectivity index (χ4n) is 4.60. The standard InChI is InChI=1S/C29H28N4O7/c30-23(10-5-11-33-29(31)32)28(39)40-25-20(18-9-4-2-7-16(18)13-22(25)27(37)38)14-19-17-8-3-1-6-15(17)12-21(24(19)34)26(35)36/h1-4,6-9,12-13,23,34H,5,10-11,14,30H2,(H,35,36)(H,37,38)(H4,31,32,33)/t23-/m0/s1. The smallest absolute Gasteiger partial charge is 0.339 e. The van der Waals surface area contributed by atoms with Crippen LogP contribution >= 0.6 is 0 Å². The Morgan fingerprint density at radius 3 is 1.98 bits per heavy atom. The van der Waals surface area contributed by atoms with Gasteiger partial charge < -0.3 is 37.3 Å². The highest BCUT2D eigenvalue weighted by molar-refractivity contribution is 6.03. The number of hydrogen-bond donors (Lipinski definition) is 6. The van der Waals surface area contributed by atoms with Crippen LogP contribution in [-0.4, -0.2) is 51.8 Å². The van der Waals surface area contributed by atoms with Gasteiger partial charge in [-0.3, -0.25) is 4.99 Å². The van der Waals surface area contributed by atoms with Crippen molar-refractivity contribution >= 4 is 45.4 Å². The van der Waals surface area contributed by atoms with Crippen LogP contribution in [0.1, 0.15) is 44.7 Å². The van der Waals surface area contributed by atoms with Crippen molar-refractivity contribution in [2.75, 3.05) is 6.54 Å². The SMILES string of the molecule is NC(N)=NCCC[C@H](N)C(=O)Oc1c(C(=O)O)cc2ccccc2c1Cc1c(O)c(C(=O)O)cc2ccccc12. The molecule has 0 unspecified atom stereocenters. The van der Waals surface area contributed by atoms with E-state index in [2.05, 4.69) is 4.99 Å². The van der Waals surface area contributed by atoms with Crippen LogP contribution in [0, 0.1) is 0 Å². The Balaban J connectivity index is 1.86. The fraction of sp³-hybridized carbons (Fsp3) is 0.172. The van der Waals surface area contributed by atoms with Crippen LogP contribution in [0.5, 0.6) is 11.5 Å². The zero-order valence-corrected chi connectivity index (χ0v) is 21.3. The van der Waals surface area contributed by atoms with E-state index in [9.17, 15) is 29.7 Å². The topological polar surface area (TPSA) is 212 Å². The van der Waals surface area contributed by atoms with Crippen LogP contribution in [-0.2, 0) is 11.2 Å². The molecule has 4 rings (SSSR count). The van der Waals surface area contributed by atoms with Gasteiger partial charge in [0.1, 0.15) is 28.7 Å². The van der Waals surface area contributed by atoms with Crippen molar-refractivity contribution in [1.29, 1.82) is 0 Å². The van der Waals surface area contributed by atoms with E-state index in [-0.39, 0.29) is 53.3 Å². The second-order valence-electron chi connectivity index (χ2n) is 9.19. The number of nitrogens with zero attached hydrogens (tertiary/aromatic N) is 1. The number of rotatable bonds is 10. The third-order valence-electron chi connectivity index (χ3n) is 6.52. The summed E-state index contributed by atoms with van der Waals surface area (Å²) in [6, 6.07) is 15.4. The van der Waals surface area contributed by atoms with Gasteiger partial charge in [0.05, 0.1) is 0 Å². The number of phenols is 1. The molecule has 0 aliphatic rings. The number of fused-ring (bicyclic) bond motifs is 2. The molecule has 9 N–H and O–H groups in total. The minimum atomic E-state index is -1.34. The van der Waals surface area contributed by atoms with Gasteiger partial charge in [0, 0.05) is 24.1 Å². The number of ether oxygens (including phenoxy) is 1. The van der Waals surface area contributed by atoms with Gasteiger partial charge in [-0.25, -0.2) is 14.4 Å². The molecule has 11 heteroatoms. The van der Waals surface area contributed by atoms with E-state index in [1.807, 2.05) is 0 Å². The molecule has 40 heavy (non-hydrogen) atoms. The highest BCUT2D eigenvalue weighted by Gasteiger charge is 2.26. The highest BCUT2D eigenvalue weighted by Crippen LogP contribution is 2.39. The number of benzene rings is 4. The van der Waals surface area contributed by atoms with Crippen molar-refractivity contribution in [3.8, 4) is 11.5 Å². The summed E-state index contributed by atoms with van der Waals surface area (Å²) < 4.78 is 5.66. The Morgan fingerprint density at radius 1 is 0.850 bits per heavy atom. The largest absolute Gasteiger partial charge is 0.507 e. The number of carbonyl (C=O) groups is 3. The number of guanidine groups is 1. The van der Waals surface area contributed by atoms with Gasteiger partial charge >= 0.3 is 17.9 Å². The lowest BCUT2D eigenvalue weighted by Crippen LogP contribution is -2.35. The van der Waals surface area contributed by atoms with E-state index in [0.717, 1.165) is 0 Å². The zero-order chi connectivity index (χ0) is 29.0. The number of aromatic carboxylic acids is 2. The predicted molar refractivity (Wildman–Crippen MR) is 150 cm³/mol. The van der Waals surface area contributed by atoms with Crippen LogP contribution in [0.15, 0.2) is 65.7 Å². The number of nitrogens with two attached hydrogens (primary N) is 3. The normalized spacial score (nSPS) is 11.7. The zero-order valence-electron chi connectivity index (χ0n) is 21.3. The van der Waals surface area contributed by atoms with Crippen molar-refractivity contribution in [1.82, 2.24) is 0 Å². The van der Waals surface area contributed by atoms with Crippen molar-refractivity contribution in [3.63, 3.8) is 0 Å². The quantitative estimate of drug-likeness (QED) is 0.0564. The summed E-state index contributed by atoms with van der Waals surface area (Å²) >= 11 is 0. The lowest BCUT2D eigenvalue weighted by molar-refractivity contribution is -0.136. The van der Waals surface area contributed by atoms with E-state index in [1.165, 1.54) is 12.1 Å². The second-order valence-corrected chi connectivity index (χ2v) is 9.19. The van der Waals surface area contributed by atoms with Crippen molar-refractivity contribution < 1.29 is 34.4 Å². The summed E-state index contributed by atoms with van der Waals surface area (Å²) in [6.07, 6.45) is 0.414. The number of carboxylic acid groups (broad SMARTS) is 2. The summed E-state index contributed by atoms with van der Waals surface area (Å²) in [5.41, 5.74) is 16.6. The first-order valence-corrected chi connectivity index (χ1v) is 12.4. The van der Waals surface area contributed by atoms with E-state index < -0.39 is 29.7 Å². The fourth-order valence-corrected chi connectivity index (χ4v) is 4.60. The average Bonchev–Trinajstić information content (AvgIpc) is 2.92. The van der Waals surface area contributed by atoms with Gasteiger partial charge in [0.2, 0.25) is 0 Å². The van der Waals surface area contributed by atoms with Crippen LogP contribution in [0.25, 0.3) is 21.5 Å². The van der Waals surface area contributed by atoms with Crippen LogP contribution in [0.2, 0.25) is 0 Å². The Morgan fingerprint density at radius 2 is 1.40 bits per heavy atom. The molecule has 0 heterocycles. The molecule has 1 atom stereocenters. The molecule has 4 aromatic rings. The third kappa shape index (κ3) is 5.79. The molecule has 4 aromatic carbocycles. The molecule has 11 nitrogen and oxygen atoms in total. The number of carbonyl (C=O) groups excluding carboxylic acids is 1. The summed E-state index contributed by atoms with van der Waals surface area (Å²) in [6.45, 7) is 0.247. The molecular weight excluding hydrogens is 516 g/mol. The summed E-state index contributed by atoms with van der Waals surface area (Å²) in [4.78, 5) is 41.1. The van der Waals surface area contributed by atoms with Crippen LogP contribution < -0.4 is 21.9 Å². The number of carboxylic acids is 2. The van der Waals surface area contributed by atoms with Gasteiger partial charge in [-0.05, 0) is 46.5 Å². The number of hydrogen-bond acceptors (Lipinski definition) is 7. The lowest BCUT2D eigenvalue weighted by atomic mass is 9.90. The van der Waals surface area contributed by atoms with Gasteiger partial charge in [-0.2, -0.15) is 0 Å². The molecule has 0 radical (unpaired) electrons. The van der Waals surface area contributed by atoms with E-state index in [1.54, 1.807) is 48.5 Å². The van der Waals surface area contributed by atoms with E-state index >= 15 is 0 Å². The highest BCUT2D eigenvalue weighted by atomic mass is 16.5. The van der Waals surface area contributed by atoms with Crippen LogP contribution in [0.3, 0.4) is 0 Å². The number of esters is 1. The monoisotopic (exact) mass is 544 g/mol. The van der Waals surface area contributed by atoms with Gasteiger partial charge in [-0.15, -0.1) is 0 Å². The van der Waals surface area contributed by atoms with Gasteiger partial charge in [-0.1, -0.05) is 48.5 Å². The van der Waals surface area contributed by atoms with Crippen molar-refractivity contribution in [2.45, 2.75) is 25.3 Å². The van der Waals surface area contributed by atoms with Crippen molar-refractivity contribution in [3.05, 3.63) is 82.9 Å². The molecule has 0 aliphatic carbocycles. The molecule has 0 aromatic heterocycles. The molecule has 0 spiro atoms. The minimum Gasteiger partial charge on any atom is -0.507 e. The van der Waals surface area contributed by atoms with E-state index in [4.69, 9.17) is 21.9 Å². The van der Waals surface area contributed by atoms with Gasteiger partial charge in [0.15, 0.2) is 5.96 Å². The number of aromatic hydroxyl groups is 1. The molecule has 0 saturated carbocycles. The van der Waals surface area contributed by atoms with E-state index in [0.29, 0.717) is 28.0 Å². The minimum absolute atomic E-state index is 0.0919. The van der Waals surface area contributed by atoms with Crippen molar-refractivity contribution in [2.24, 2.45) is 22.2 Å². The molecule has 0 saturated heterocycles. The Bertz CT molecular complexity index is 1660. The maximum atomic E-state index is 13.0. The summed E-state index contributed by atoms with van der Waals surface area (Å²) in [5, 5.41) is 33.0. The Labute approximate surface area is 228 Å².